The molecule has 0 aliphatic carbocycles. The van der Waals surface area contributed by atoms with Crippen molar-refractivity contribution in [3.8, 4) is 11.5 Å². The summed E-state index contributed by atoms with van der Waals surface area (Å²) in [5, 5.41) is 11.9. The van der Waals surface area contributed by atoms with Crippen molar-refractivity contribution in [2.75, 3.05) is 53.0 Å². The number of benzene rings is 2. The second kappa shape index (κ2) is 10.6. The molecule has 31 heavy (non-hydrogen) atoms. The van der Waals surface area contributed by atoms with Crippen LogP contribution in [0.5, 0.6) is 11.5 Å². The average molecular weight is 422 g/mol. The maximum absolute atomic E-state index is 10.9. The number of methoxy groups -OCH3 is 1. The fraction of sp³-hybridized carbons (Fsp3) is 0.400. The second-order valence-electron chi connectivity index (χ2n) is 7.96. The Morgan fingerprint density at radius 1 is 0.968 bits per heavy atom. The molecule has 6 nitrogen and oxygen atoms in total. The van der Waals surface area contributed by atoms with Crippen LogP contribution in [0.3, 0.4) is 0 Å². The lowest BCUT2D eigenvalue weighted by molar-refractivity contribution is 0.0714. The maximum Gasteiger partial charge on any atom is 0.119 e. The van der Waals surface area contributed by atoms with Crippen LogP contribution in [0.25, 0.3) is 10.9 Å². The van der Waals surface area contributed by atoms with Crippen LogP contribution in [-0.4, -0.2) is 72.9 Å². The molecule has 0 amide bonds. The number of aromatic nitrogens is 1. The van der Waals surface area contributed by atoms with Crippen molar-refractivity contribution < 1.29 is 14.6 Å². The van der Waals surface area contributed by atoms with Crippen LogP contribution < -0.4 is 9.47 Å². The zero-order valence-corrected chi connectivity index (χ0v) is 18.1. The Morgan fingerprint density at radius 2 is 1.74 bits per heavy atom. The zero-order chi connectivity index (χ0) is 21.5. The van der Waals surface area contributed by atoms with Gasteiger partial charge in [0.15, 0.2) is 0 Å². The summed E-state index contributed by atoms with van der Waals surface area (Å²) < 4.78 is 11.1. The molecule has 0 bridgehead atoms. The Balaban J connectivity index is 1.24. The number of rotatable bonds is 9. The normalized spacial score (nSPS) is 16.3. The summed E-state index contributed by atoms with van der Waals surface area (Å²) in [5.41, 5.74) is 1.78. The van der Waals surface area contributed by atoms with E-state index >= 15 is 0 Å². The summed E-state index contributed by atoms with van der Waals surface area (Å²) >= 11 is 0. The third-order valence-electron chi connectivity index (χ3n) is 5.87. The summed E-state index contributed by atoms with van der Waals surface area (Å²) in [6.07, 6.45) is 2.23. The molecule has 2 heterocycles. The van der Waals surface area contributed by atoms with E-state index in [-0.39, 0.29) is 0 Å². The first-order chi connectivity index (χ1) is 15.2. The van der Waals surface area contributed by atoms with Crippen LogP contribution in [0.2, 0.25) is 0 Å². The Morgan fingerprint density at radius 3 is 2.52 bits per heavy atom. The fourth-order valence-corrected chi connectivity index (χ4v) is 4.10. The van der Waals surface area contributed by atoms with Gasteiger partial charge in [0.05, 0.1) is 25.3 Å². The number of nitrogens with zero attached hydrogens (tertiary/aromatic N) is 3. The molecule has 0 saturated carbocycles. The van der Waals surface area contributed by atoms with Gasteiger partial charge in [-0.25, -0.2) is 0 Å². The number of pyridine rings is 1. The van der Waals surface area contributed by atoms with Gasteiger partial charge >= 0.3 is 0 Å². The van der Waals surface area contributed by atoms with Gasteiger partial charge < -0.3 is 19.5 Å². The van der Waals surface area contributed by atoms with Crippen LogP contribution >= 0.6 is 0 Å². The minimum Gasteiger partial charge on any atom is -0.497 e. The van der Waals surface area contributed by atoms with E-state index in [1.54, 1.807) is 13.3 Å². The van der Waals surface area contributed by atoms with Gasteiger partial charge in [-0.05, 0) is 48.4 Å². The zero-order valence-electron chi connectivity index (χ0n) is 18.1. The molecule has 1 aliphatic rings. The van der Waals surface area contributed by atoms with Crippen LogP contribution in [-0.2, 0) is 0 Å². The van der Waals surface area contributed by atoms with E-state index in [0.29, 0.717) is 6.54 Å². The molecule has 3 aromatic rings. The summed E-state index contributed by atoms with van der Waals surface area (Å²) in [4.78, 5) is 9.23. The van der Waals surface area contributed by atoms with Crippen molar-refractivity contribution >= 4 is 10.9 Å². The number of ether oxygens (including phenoxy) is 2. The van der Waals surface area contributed by atoms with Gasteiger partial charge in [0.25, 0.3) is 0 Å². The number of aliphatic hydroxyl groups is 1. The first-order valence-corrected chi connectivity index (χ1v) is 11.0. The predicted octanol–water partition coefficient (Wildman–Crippen LogP) is 3.36. The molecule has 1 N–H and O–H groups in total. The molecule has 1 fully saturated rings. The van der Waals surface area contributed by atoms with E-state index in [1.165, 1.54) is 0 Å². The number of β-amino-alcohol motifs (C(OH)–C–C–N with tert-alkyl or cyclic N) is 1. The van der Waals surface area contributed by atoms with Crippen molar-refractivity contribution in [2.45, 2.75) is 12.5 Å². The Labute approximate surface area is 184 Å². The third-order valence-corrected chi connectivity index (χ3v) is 5.87. The Bertz CT molecular complexity index is 959. The standard InChI is InChI=1S/C25H31N3O3/c1-30-21-8-9-24-23(18-21)22(10-11-26-24)25(29)19-28-15-13-27(14-16-28)12-5-17-31-20-6-3-2-4-7-20/h2-4,6-11,18,25,29H,5,12-17,19H2,1H3/t25-/m1/s1. The number of para-hydroxylation sites is 1. The molecule has 0 radical (unpaired) electrons. The third kappa shape index (κ3) is 5.73. The molecule has 0 spiro atoms. The van der Waals surface area contributed by atoms with Crippen molar-refractivity contribution in [1.82, 2.24) is 14.8 Å². The highest BCUT2D eigenvalue weighted by atomic mass is 16.5. The lowest BCUT2D eigenvalue weighted by Crippen LogP contribution is -2.47. The van der Waals surface area contributed by atoms with Gasteiger partial charge in [0.2, 0.25) is 0 Å². The number of hydrogen-bond donors (Lipinski definition) is 1. The molecule has 1 atom stereocenters. The quantitative estimate of drug-likeness (QED) is 0.535. The summed E-state index contributed by atoms with van der Waals surface area (Å²) in [6.45, 7) is 6.36. The van der Waals surface area contributed by atoms with Gasteiger partial charge in [-0.3, -0.25) is 9.88 Å². The van der Waals surface area contributed by atoms with Crippen molar-refractivity contribution in [1.29, 1.82) is 0 Å². The molecule has 1 aromatic heterocycles. The first kappa shape index (κ1) is 21.6. The molecular weight excluding hydrogens is 390 g/mol. The first-order valence-electron chi connectivity index (χ1n) is 11.0. The lowest BCUT2D eigenvalue weighted by Gasteiger charge is -2.35. The average Bonchev–Trinajstić information content (AvgIpc) is 2.82. The minimum atomic E-state index is -0.552. The van der Waals surface area contributed by atoms with Gasteiger partial charge in [-0.1, -0.05) is 18.2 Å². The number of piperazine rings is 1. The molecule has 2 aromatic carbocycles. The van der Waals surface area contributed by atoms with Gasteiger partial charge in [-0.15, -0.1) is 0 Å². The van der Waals surface area contributed by atoms with Gasteiger partial charge in [-0.2, -0.15) is 0 Å². The van der Waals surface area contributed by atoms with Gasteiger partial charge in [0.1, 0.15) is 11.5 Å². The van der Waals surface area contributed by atoms with E-state index < -0.39 is 6.10 Å². The highest BCUT2D eigenvalue weighted by molar-refractivity contribution is 5.83. The monoisotopic (exact) mass is 421 g/mol. The van der Waals surface area contributed by atoms with E-state index in [0.717, 1.165) is 73.7 Å². The Kier molecular flexibility index (Phi) is 7.35. The highest BCUT2D eigenvalue weighted by Crippen LogP contribution is 2.27. The van der Waals surface area contributed by atoms with Crippen LogP contribution in [0.15, 0.2) is 60.8 Å². The van der Waals surface area contributed by atoms with E-state index in [4.69, 9.17) is 9.47 Å². The number of aliphatic hydroxyl groups excluding tert-OH is 1. The topological polar surface area (TPSA) is 58.1 Å². The minimum absolute atomic E-state index is 0.552. The smallest absolute Gasteiger partial charge is 0.119 e. The van der Waals surface area contributed by atoms with Crippen LogP contribution in [0, 0.1) is 0 Å². The summed E-state index contributed by atoms with van der Waals surface area (Å²) in [7, 11) is 1.65. The summed E-state index contributed by atoms with van der Waals surface area (Å²) in [6, 6.07) is 17.7. The highest BCUT2D eigenvalue weighted by Gasteiger charge is 2.21. The SMILES string of the molecule is COc1ccc2nccc([C@H](O)CN3CCN(CCCOc4ccccc4)CC3)c2c1. The van der Waals surface area contributed by atoms with E-state index in [1.807, 2.05) is 54.6 Å². The second-order valence-corrected chi connectivity index (χ2v) is 7.96. The molecule has 4 rings (SSSR count). The number of hydrogen-bond acceptors (Lipinski definition) is 6. The maximum atomic E-state index is 10.9. The van der Waals surface area contributed by atoms with Crippen LogP contribution in [0.4, 0.5) is 0 Å². The molecule has 1 saturated heterocycles. The van der Waals surface area contributed by atoms with E-state index in [9.17, 15) is 5.11 Å². The van der Waals surface area contributed by atoms with Gasteiger partial charge in [0, 0.05) is 50.9 Å². The molecule has 1 aliphatic heterocycles. The molecule has 0 unspecified atom stereocenters. The van der Waals surface area contributed by atoms with E-state index in [2.05, 4.69) is 14.8 Å². The lowest BCUT2D eigenvalue weighted by atomic mass is 10.0. The number of fused-ring (bicyclic) bond motifs is 1. The van der Waals surface area contributed by atoms with Crippen molar-refractivity contribution in [2.24, 2.45) is 0 Å². The fourth-order valence-electron chi connectivity index (χ4n) is 4.10. The van der Waals surface area contributed by atoms with Crippen LogP contribution in [0.1, 0.15) is 18.1 Å². The molecule has 6 heteroatoms. The van der Waals surface area contributed by atoms with Crippen molar-refractivity contribution in [3.05, 3.63) is 66.4 Å². The predicted molar refractivity (Wildman–Crippen MR) is 123 cm³/mol. The van der Waals surface area contributed by atoms with Crippen molar-refractivity contribution in [3.63, 3.8) is 0 Å². The molecule has 164 valence electrons. The molecular formula is C25H31N3O3. The largest absolute Gasteiger partial charge is 0.497 e. The summed E-state index contributed by atoms with van der Waals surface area (Å²) in [5.74, 6) is 1.71. The Hall–Kier alpha value is -2.67.